The minimum atomic E-state index is -4.73. The molecule has 0 unspecified atom stereocenters. The average Bonchev–Trinajstić information content (AvgIpc) is 2.27. The highest BCUT2D eigenvalue weighted by Gasteiger charge is 2.38. The van der Waals surface area contributed by atoms with E-state index < -0.39 is 40.9 Å². The summed E-state index contributed by atoms with van der Waals surface area (Å²) in [5, 5.41) is 8.03. The summed E-state index contributed by atoms with van der Waals surface area (Å²) in [7, 11) is -4.51. The van der Waals surface area contributed by atoms with Gasteiger partial charge < -0.3 is 10.8 Å². The van der Waals surface area contributed by atoms with Crippen molar-refractivity contribution in [1.29, 1.82) is 0 Å². The number of nitrogens with two attached hydrogens (primary N) is 1. The molecule has 0 aliphatic carbocycles. The molecule has 0 aliphatic rings. The lowest BCUT2D eigenvalue weighted by Gasteiger charge is -2.22. The second kappa shape index (κ2) is 5.72. The van der Waals surface area contributed by atoms with Crippen LogP contribution in [0.2, 0.25) is 0 Å². The summed E-state index contributed by atoms with van der Waals surface area (Å²) in [5.41, 5.74) is 5.14. The molecule has 0 saturated carbocycles. The molecule has 1 rings (SSSR count). The number of alkyl halides is 3. The fourth-order valence-electron chi connectivity index (χ4n) is 1.34. The van der Waals surface area contributed by atoms with Crippen molar-refractivity contribution >= 4 is 15.7 Å². The van der Waals surface area contributed by atoms with Gasteiger partial charge in [-0.1, -0.05) is 0 Å². The van der Waals surface area contributed by atoms with Crippen LogP contribution in [0.1, 0.15) is 0 Å². The zero-order valence-electron chi connectivity index (χ0n) is 9.63. The van der Waals surface area contributed by atoms with Gasteiger partial charge in [-0.15, -0.1) is 0 Å². The molecule has 0 aliphatic heterocycles. The Kier molecular flexibility index (Phi) is 4.71. The molecule has 1 aromatic heterocycles. The fraction of sp³-hybridized carbons (Fsp3) is 0.444. The highest BCUT2D eigenvalue weighted by atomic mass is 32.2. The molecule has 0 spiro atoms. The Labute approximate surface area is 107 Å². The van der Waals surface area contributed by atoms with Crippen LogP contribution in [0.25, 0.3) is 0 Å². The van der Waals surface area contributed by atoms with E-state index in [2.05, 4.69) is 4.98 Å². The van der Waals surface area contributed by atoms with Gasteiger partial charge in [-0.3, -0.25) is 0 Å². The van der Waals surface area contributed by atoms with Crippen LogP contribution in [-0.2, 0) is 10.0 Å². The van der Waals surface area contributed by atoms with Crippen LogP contribution in [0.5, 0.6) is 0 Å². The Bertz CT molecular complexity index is 533. The number of aliphatic hydroxyl groups is 1. The maximum absolute atomic E-state index is 12.3. The zero-order chi connectivity index (χ0) is 14.7. The van der Waals surface area contributed by atoms with E-state index in [4.69, 9.17) is 10.8 Å². The van der Waals surface area contributed by atoms with Gasteiger partial charge in [0.2, 0.25) is 0 Å². The Hall–Kier alpha value is -1.39. The van der Waals surface area contributed by atoms with Crippen molar-refractivity contribution in [3.05, 3.63) is 18.3 Å². The number of aromatic nitrogens is 1. The molecule has 0 aromatic carbocycles. The molecule has 0 amide bonds. The van der Waals surface area contributed by atoms with E-state index in [1.54, 1.807) is 0 Å². The molecule has 0 radical (unpaired) electrons. The highest BCUT2D eigenvalue weighted by Crippen LogP contribution is 2.24. The summed E-state index contributed by atoms with van der Waals surface area (Å²) in [4.78, 5) is 3.48. The van der Waals surface area contributed by atoms with Crippen molar-refractivity contribution in [2.75, 3.05) is 25.4 Å². The number of hydrogen-bond donors (Lipinski definition) is 2. The maximum Gasteiger partial charge on any atom is 0.402 e. The first-order valence-electron chi connectivity index (χ1n) is 5.07. The third-order valence-electron chi connectivity index (χ3n) is 2.09. The van der Waals surface area contributed by atoms with E-state index in [1.165, 1.54) is 12.1 Å². The Morgan fingerprint density at radius 2 is 2.05 bits per heavy atom. The Morgan fingerprint density at radius 3 is 2.53 bits per heavy atom. The molecule has 1 heterocycles. The number of anilines is 1. The first-order valence-corrected chi connectivity index (χ1v) is 6.51. The number of nitrogens with zero attached hydrogens (tertiary/aromatic N) is 2. The van der Waals surface area contributed by atoms with Crippen LogP contribution >= 0.6 is 0 Å². The molecule has 0 bridgehead atoms. The van der Waals surface area contributed by atoms with Gasteiger partial charge in [0.25, 0.3) is 10.0 Å². The second-order valence-corrected chi connectivity index (χ2v) is 5.43. The molecule has 6 nitrogen and oxygen atoms in total. The second-order valence-electron chi connectivity index (χ2n) is 3.58. The van der Waals surface area contributed by atoms with Crippen LogP contribution in [0.3, 0.4) is 0 Å². The van der Waals surface area contributed by atoms with Gasteiger partial charge in [-0.05, 0) is 12.1 Å². The van der Waals surface area contributed by atoms with E-state index in [-0.39, 0.29) is 9.99 Å². The molecule has 3 N–H and O–H groups in total. The lowest BCUT2D eigenvalue weighted by Crippen LogP contribution is -2.41. The summed E-state index contributed by atoms with van der Waals surface area (Å²) < 4.78 is 61.1. The highest BCUT2D eigenvalue weighted by molar-refractivity contribution is 7.89. The molecule has 10 heteroatoms. The standard InChI is InChI=1S/C9H12F3N3O3S/c10-9(11,12)6-15(4-5-16)19(17,18)8-7(13)2-1-3-14-8/h1-3,16H,4-6,13H2. The van der Waals surface area contributed by atoms with E-state index in [1.807, 2.05) is 0 Å². The molecule has 0 fully saturated rings. The lowest BCUT2D eigenvalue weighted by molar-refractivity contribution is -0.136. The number of hydrogen-bond acceptors (Lipinski definition) is 5. The van der Waals surface area contributed by atoms with Crippen molar-refractivity contribution in [2.45, 2.75) is 11.2 Å². The van der Waals surface area contributed by atoms with Crippen LogP contribution in [-0.4, -0.2) is 48.7 Å². The van der Waals surface area contributed by atoms with Crippen molar-refractivity contribution in [3.8, 4) is 0 Å². The molecule has 0 atom stereocenters. The van der Waals surface area contributed by atoms with Crippen molar-refractivity contribution in [1.82, 2.24) is 9.29 Å². The summed E-state index contributed by atoms with van der Waals surface area (Å²) in [6.45, 7) is -3.16. The number of sulfonamides is 1. The number of pyridine rings is 1. The van der Waals surface area contributed by atoms with Gasteiger partial charge in [0.05, 0.1) is 12.3 Å². The van der Waals surface area contributed by atoms with Gasteiger partial charge in [0.1, 0.15) is 6.54 Å². The first kappa shape index (κ1) is 15.7. The number of nitrogen functional groups attached to an aromatic ring is 1. The molecular weight excluding hydrogens is 287 g/mol. The SMILES string of the molecule is Nc1cccnc1S(=O)(=O)N(CCO)CC(F)(F)F. The van der Waals surface area contributed by atoms with Crippen molar-refractivity contribution < 1.29 is 26.7 Å². The van der Waals surface area contributed by atoms with Gasteiger partial charge >= 0.3 is 6.18 Å². The van der Waals surface area contributed by atoms with Gasteiger partial charge in [-0.2, -0.15) is 17.5 Å². The topological polar surface area (TPSA) is 96.5 Å². The zero-order valence-corrected chi connectivity index (χ0v) is 10.4. The van der Waals surface area contributed by atoms with Crippen LogP contribution in [0.4, 0.5) is 18.9 Å². The van der Waals surface area contributed by atoms with Crippen LogP contribution < -0.4 is 5.73 Å². The normalized spacial score (nSPS) is 12.9. The Morgan fingerprint density at radius 1 is 1.42 bits per heavy atom. The smallest absolute Gasteiger partial charge is 0.396 e. The maximum atomic E-state index is 12.3. The Balaban J connectivity index is 3.17. The third kappa shape index (κ3) is 4.04. The lowest BCUT2D eigenvalue weighted by atomic mass is 10.4. The molecular formula is C9H12F3N3O3S. The van der Waals surface area contributed by atoms with E-state index >= 15 is 0 Å². The summed E-state index contributed by atoms with van der Waals surface area (Å²) in [6, 6.07) is 2.57. The van der Waals surface area contributed by atoms with Gasteiger partial charge in [0.15, 0.2) is 5.03 Å². The van der Waals surface area contributed by atoms with Gasteiger partial charge in [0, 0.05) is 12.7 Å². The molecule has 1 aromatic rings. The van der Waals surface area contributed by atoms with E-state index in [9.17, 15) is 21.6 Å². The van der Waals surface area contributed by atoms with E-state index in [0.717, 1.165) is 6.20 Å². The summed E-state index contributed by atoms with van der Waals surface area (Å²) in [5.74, 6) is 0. The average molecular weight is 299 g/mol. The largest absolute Gasteiger partial charge is 0.402 e. The quantitative estimate of drug-likeness (QED) is 0.810. The fourth-order valence-corrected chi connectivity index (χ4v) is 2.78. The van der Waals surface area contributed by atoms with Crippen molar-refractivity contribution in [2.24, 2.45) is 0 Å². The first-order chi connectivity index (χ1) is 8.68. The number of rotatable bonds is 5. The third-order valence-corrected chi connectivity index (χ3v) is 3.91. The minimum Gasteiger partial charge on any atom is -0.396 e. The summed E-state index contributed by atoms with van der Waals surface area (Å²) in [6.07, 6.45) is -3.63. The van der Waals surface area contributed by atoms with Crippen LogP contribution in [0.15, 0.2) is 23.4 Å². The van der Waals surface area contributed by atoms with Crippen LogP contribution in [0, 0.1) is 0 Å². The summed E-state index contributed by atoms with van der Waals surface area (Å²) >= 11 is 0. The molecule has 19 heavy (non-hydrogen) atoms. The molecule has 108 valence electrons. The predicted molar refractivity (Wildman–Crippen MR) is 60.5 cm³/mol. The van der Waals surface area contributed by atoms with E-state index in [0.29, 0.717) is 0 Å². The monoisotopic (exact) mass is 299 g/mol. The minimum absolute atomic E-state index is 0.0890. The predicted octanol–water partition coefficient (Wildman–Crippen LogP) is 0.209. The van der Waals surface area contributed by atoms with Crippen molar-refractivity contribution in [3.63, 3.8) is 0 Å². The van der Waals surface area contributed by atoms with Gasteiger partial charge in [-0.25, -0.2) is 13.4 Å². The number of halogens is 3. The molecule has 0 saturated heterocycles. The number of aliphatic hydroxyl groups excluding tert-OH is 1.